The number of hydrogen-bond donors (Lipinski definition) is 2. The van der Waals surface area contributed by atoms with Crippen molar-refractivity contribution in [3.05, 3.63) is 23.8 Å². The van der Waals surface area contributed by atoms with Crippen LogP contribution in [0.5, 0.6) is 11.5 Å². The molecule has 8 nitrogen and oxygen atoms in total. The van der Waals surface area contributed by atoms with Crippen molar-refractivity contribution in [2.45, 2.75) is 26.8 Å². The molecule has 0 aliphatic rings. The van der Waals surface area contributed by atoms with E-state index in [0.717, 1.165) is 55.6 Å². The summed E-state index contributed by atoms with van der Waals surface area (Å²) < 4.78 is 21.8. The molecule has 0 saturated carbocycles. The van der Waals surface area contributed by atoms with Crippen LogP contribution in [0, 0.1) is 0 Å². The van der Waals surface area contributed by atoms with Gasteiger partial charge >= 0.3 is 0 Å². The Bertz CT molecular complexity index is 601. The average Bonchev–Trinajstić information content (AvgIpc) is 2.78. The molecule has 0 radical (unpaired) electrons. The largest absolute Gasteiger partial charge is 0.493 e. The summed E-state index contributed by atoms with van der Waals surface area (Å²) >= 11 is 0. The number of nitrogens with zero attached hydrogens (tertiary/aromatic N) is 2. The van der Waals surface area contributed by atoms with Crippen LogP contribution in [-0.4, -0.2) is 84.7 Å². The van der Waals surface area contributed by atoms with Gasteiger partial charge in [-0.25, -0.2) is 0 Å². The fourth-order valence-electron chi connectivity index (χ4n) is 2.80. The van der Waals surface area contributed by atoms with E-state index in [1.807, 2.05) is 18.2 Å². The smallest absolute Gasteiger partial charge is 0.191 e. The zero-order valence-electron chi connectivity index (χ0n) is 19.7. The number of guanidine groups is 1. The predicted octanol–water partition coefficient (Wildman–Crippen LogP) is 2.75. The van der Waals surface area contributed by atoms with Crippen molar-refractivity contribution in [3.63, 3.8) is 0 Å². The maximum absolute atomic E-state index is 5.92. The Kier molecular flexibility index (Phi) is 18.6. The van der Waals surface area contributed by atoms with Gasteiger partial charge in [-0.15, -0.1) is 24.0 Å². The van der Waals surface area contributed by atoms with Crippen molar-refractivity contribution in [2.24, 2.45) is 4.99 Å². The van der Waals surface area contributed by atoms with E-state index in [9.17, 15) is 0 Å². The molecule has 31 heavy (non-hydrogen) atoms. The third kappa shape index (κ3) is 13.0. The second kappa shape index (κ2) is 19.4. The van der Waals surface area contributed by atoms with Gasteiger partial charge in [0.25, 0.3) is 0 Å². The molecule has 2 N–H and O–H groups in total. The number of ether oxygens (including phenoxy) is 4. The van der Waals surface area contributed by atoms with E-state index in [4.69, 9.17) is 18.9 Å². The molecule has 0 spiro atoms. The second-order valence-electron chi connectivity index (χ2n) is 6.67. The Labute approximate surface area is 205 Å². The van der Waals surface area contributed by atoms with E-state index in [1.165, 1.54) is 0 Å². The molecule has 0 unspecified atom stereocenters. The molecular weight excluding hydrogens is 511 g/mol. The lowest BCUT2D eigenvalue weighted by molar-refractivity contribution is 0.0698. The highest BCUT2D eigenvalue weighted by Gasteiger charge is 2.08. The molecule has 0 amide bonds. The van der Waals surface area contributed by atoms with Gasteiger partial charge in [0.1, 0.15) is 6.61 Å². The van der Waals surface area contributed by atoms with E-state index in [0.29, 0.717) is 33.0 Å². The van der Waals surface area contributed by atoms with Gasteiger partial charge in [-0.2, -0.15) is 0 Å². The molecule has 0 aromatic heterocycles. The third-order valence-electron chi connectivity index (χ3n) is 4.66. The molecule has 0 aliphatic heterocycles. The molecule has 0 saturated heterocycles. The van der Waals surface area contributed by atoms with Gasteiger partial charge in [0.2, 0.25) is 0 Å². The predicted molar refractivity (Wildman–Crippen MR) is 137 cm³/mol. The first-order valence-electron chi connectivity index (χ1n) is 10.7. The summed E-state index contributed by atoms with van der Waals surface area (Å²) in [6, 6.07) is 6.00. The van der Waals surface area contributed by atoms with Crippen LogP contribution in [0.15, 0.2) is 23.2 Å². The van der Waals surface area contributed by atoms with E-state index in [2.05, 4.69) is 34.4 Å². The quantitative estimate of drug-likeness (QED) is 0.141. The number of benzene rings is 1. The molecule has 0 fully saturated rings. The monoisotopic (exact) mass is 552 g/mol. The Morgan fingerprint density at radius 3 is 2.42 bits per heavy atom. The first-order chi connectivity index (χ1) is 14.7. The van der Waals surface area contributed by atoms with Crippen LogP contribution < -0.4 is 20.1 Å². The molecule has 0 atom stereocenters. The fourth-order valence-corrected chi connectivity index (χ4v) is 2.80. The van der Waals surface area contributed by atoms with Gasteiger partial charge in [-0.05, 0) is 37.2 Å². The molecule has 0 bridgehead atoms. The summed E-state index contributed by atoms with van der Waals surface area (Å²) in [5, 5.41) is 6.60. The Morgan fingerprint density at radius 1 is 1.00 bits per heavy atom. The normalized spacial score (nSPS) is 11.2. The van der Waals surface area contributed by atoms with Crippen LogP contribution in [0.1, 0.15) is 25.8 Å². The van der Waals surface area contributed by atoms with E-state index >= 15 is 0 Å². The van der Waals surface area contributed by atoms with Crippen LogP contribution in [-0.2, 0) is 16.0 Å². The SMILES string of the molecule is CCN(CC)CCOc1ccc(CNC(=NC)NCCCOCCOC)cc1OC.I. The van der Waals surface area contributed by atoms with Crippen molar-refractivity contribution in [2.75, 3.05) is 73.9 Å². The zero-order valence-corrected chi connectivity index (χ0v) is 22.1. The zero-order chi connectivity index (χ0) is 22.0. The minimum atomic E-state index is 0. The van der Waals surface area contributed by atoms with E-state index in [-0.39, 0.29) is 24.0 Å². The number of rotatable bonds is 16. The van der Waals surface area contributed by atoms with Crippen LogP contribution in [0.4, 0.5) is 0 Å². The van der Waals surface area contributed by atoms with Crippen LogP contribution >= 0.6 is 24.0 Å². The lowest BCUT2D eigenvalue weighted by Crippen LogP contribution is -2.37. The van der Waals surface area contributed by atoms with Crippen molar-refractivity contribution in [1.29, 1.82) is 0 Å². The molecule has 1 aromatic rings. The maximum Gasteiger partial charge on any atom is 0.191 e. The van der Waals surface area contributed by atoms with E-state index in [1.54, 1.807) is 21.3 Å². The van der Waals surface area contributed by atoms with Crippen molar-refractivity contribution >= 4 is 29.9 Å². The number of methoxy groups -OCH3 is 2. The topological polar surface area (TPSA) is 76.6 Å². The minimum Gasteiger partial charge on any atom is -0.493 e. The Morgan fingerprint density at radius 2 is 1.77 bits per heavy atom. The number of halogens is 1. The standard InChI is InChI=1S/C22H40N4O4.HI/c1-6-26(7-2)12-14-30-20-10-9-19(17-21(20)28-5)18-25-22(23-3)24-11-8-13-29-16-15-27-4;/h9-10,17H,6-8,11-16,18H2,1-5H3,(H2,23,24,25);1H. The lowest BCUT2D eigenvalue weighted by Gasteiger charge is -2.19. The molecule has 1 rings (SSSR count). The molecular formula is C22H41IN4O4. The van der Waals surface area contributed by atoms with Gasteiger partial charge in [-0.3, -0.25) is 4.99 Å². The molecule has 9 heteroatoms. The Balaban J connectivity index is 0.00000900. The highest BCUT2D eigenvalue weighted by atomic mass is 127. The maximum atomic E-state index is 5.92. The summed E-state index contributed by atoms with van der Waals surface area (Å²) in [6.45, 7) is 11.3. The van der Waals surface area contributed by atoms with Gasteiger partial charge in [0.15, 0.2) is 17.5 Å². The van der Waals surface area contributed by atoms with Crippen molar-refractivity contribution < 1.29 is 18.9 Å². The highest BCUT2D eigenvalue weighted by Crippen LogP contribution is 2.28. The number of aliphatic imine (C=N–C) groups is 1. The fraction of sp³-hybridized carbons (Fsp3) is 0.682. The van der Waals surface area contributed by atoms with Crippen LogP contribution in [0.3, 0.4) is 0 Å². The summed E-state index contributed by atoms with van der Waals surface area (Å²) in [7, 11) is 5.10. The van der Waals surface area contributed by atoms with Crippen LogP contribution in [0.2, 0.25) is 0 Å². The Hall–Kier alpha value is -1.30. The summed E-state index contributed by atoms with van der Waals surface area (Å²) in [6.07, 6.45) is 0.901. The van der Waals surface area contributed by atoms with Crippen molar-refractivity contribution in [1.82, 2.24) is 15.5 Å². The summed E-state index contributed by atoms with van der Waals surface area (Å²) in [4.78, 5) is 6.59. The van der Waals surface area contributed by atoms with E-state index < -0.39 is 0 Å². The highest BCUT2D eigenvalue weighted by molar-refractivity contribution is 14.0. The summed E-state index contributed by atoms with van der Waals surface area (Å²) in [5.74, 6) is 2.26. The summed E-state index contributed by atoms with van der Waals surface area (Å²) in [5.41, 5.74) is 1.09. The number of nitrogens with one attached hydrogen (secondary N) is 2. The third-order valence-corrected chi connectivity index (χ3v) is 4.66. The lowest BCUT2D eigenvalue weighted by atomic mass is 10.2. The number of likely N-dealkylation sites (N-methyl/N-ethyl adjacent to an activating group) is 1. The van der Waals surface area contributed by atoms with Gasteiger partial charge < -0.3 is 34.5 Å². The average molecular weight is 552 g/mol. The number of hydrogen-bond acceptors (Lipinski definition) is 6. The first kappa shape index (κ1) is 29.7. The first-order valence-corrected chi connectivity index (χ1v) is 10.7. The molecule has 0 aliphatic carbocycles. The van der Waals surface area contributed by atoms with Crippen LogP contribution in [0.25, 0.3) is 0 Å². The molecule has 180 valence electrons. The van der Waals surface area contributed by atoms with Gasteiger partial charge in [0.05, 0.1) is 20.3 Å². The molecule has 1 aromatic carbocycles. The van der Waals surface area contributed by atoms with Gasteiger partial charge in [-0.1, -0.05) is 19.9 Å². The second-order valence-corrected chi connectivity index (χ2v) is 6.67. The molecule has 0 heterocycles. The minimum absolute atomic E-state index is 0. The van der Waals surface area contributed by atoms with Gasteiger partial charge in [0, 0.05) is 40.4 Å². The van der Waals surface area contributed by atoms with Crippen molar-refractivity contribution in [3.8, 4) is 11.5 Å².